The molecule has 0 saturated heterocycles. The fourth-order valence-electron chi connectivity index (χ4n) is 2.78. The molecule has 0 heterocycles. The summed E-state index contributed by atoms with van der Waals surface area (Å²) in [4.78, 5) is 6.77. The molecule has 0 aliphatic carbocycles. The molecule has 0 unspecified atom stereocenters. The first-order chi connectivity index (χ1) is 13.1. The average Bonchev–Trinajstić information content (AvgIpc) is 2.68. The second-order valence-corrected chi connectivity index (χ2v) is 6.54. The largest absolute Gasteiger partial charge is 0.491 e. The van der Waals surface area contributed by atoms with Gasteiger partial charge in [0, 0.05) is 32.8 Å². The molecule has 27 heavy (non-hydrogen) atoms. The zero-order chi connectivity index (χ0) is 19.9. The average molecular weight is 379 g/mol. The highest BCUT2D eigenvalue weighted by Crippen LogP contribution is 2.20. The van der Waals surface area contributed by atoms with Gasteiger partial charge in [-0.3, -0.25) is 4.99 Å². The molecular weight excluding hydrogens is 340 g/mol. The first-order valence-electron chi connectivity index (χ1n) is 10.0. The number of unbranched alkanes of at least 4 members (excludes halogenated alkanes) is 1. The predicted octanol–water partition coefficient (Wildman–Crippen LogP) is 2.81. The van der Waals surface area contributed by atoms with E-state index in [1.54, 1.807) is 14.2 Å². The van der Waals surface area contributed by atoms with Crippen molar-refractivity contribution in [3.63, 3.8) is 0 Å². The van der Waals surface area contributed by atoms with Gasteiger partial charge in [0.15, 0.2) is 5.96 Å². The van der Waals surface area contributed by atoms with Crippen molar-refractivity contribution in [2.75, 3.05) is 53.6 Å². The molecule has 0 aliphatic rings. The number of ether oxygens (including phenoxy) is 2. The van der Waals surface area contributed by atoms with Gasteiger partial charge in [0.05, 0.1) is 6.61 Å². The first-order valence-corrected chi connectivity index (χ1v) is 10.0. The molecule has 0 aliphatic heterocycles. The Kier molecular flexibility index (Phi) is 12.3. The van der Waals surface area contributed by atoms with E-state index >= 15 is 0 Å². The van der Waals surface area contributed by atoms with Crippen LogP contribution in [-0.4, -0.2) is 64.4 Å². The van der Waals surface area contributed by atoms with Crippen LogP contribution in [-0.2, 0) is 11.3 Å². The lowest BCUT2D eigenvalue weighted by molar-refractivity contribution is 0.145. The second kappa shape index (κ2) is 14.3. The molecule has 154 valence electrons. The third-order valence-corrected chi connectivity index (χ3v) is 4.53. The van der Waals surface area contributed by atoms with Crippen molar-refractivity contribution in [2.24, 2.45) is 4.99 Å². The van der Waals surface area contributed by atoms with Crippen LogP contribution in [0.25, 0.3) is 0 Å². The minimum Gasteiger partial charge on any atom is -0.491 e. The summed E-state index contributed by atoms with van der Waals surface area (Å²) in [5.41, 5.74) is 2.29. The van der Waals surface area contributed by atoms with Crippen molar-refractivity contribution < 1.29 is 9.47 Å². The molecule has 0 radical (unpaired) electrons. The maximum absolute atomic E-state index is 5.85. The van der Waals surface area contributed by atoms with Crippen LogP contribution in [0.15, 0.2) is 23.2 Å². The van der Waals surface area contributed by atoms with Crippen LogP contribution in [0.3, 0.4) is 0 Å². The monoisotopic (exact) mass is 378 g/mol. The van der Waals surface area contributed by atoms with Gasteiger partial charge in [0.2, 0.25) is 0 Å². The molecule has 1 rings (SSSR count). The van der Waals surface area contributed by atoms with Gasteiger partial charge in [-0.1, -0.05) is 26.0 Å². The zero-order valence-corrected chi connectivity index (χ0v) is 17.8. The number of hydrogen-bond acceptors (Lipinski definition) is 4. The number of guanidine groups is 1. The number of rotatable bonds is 13. The van der Waals surface area contributed by atoms with E-state index < -0.39 is 0 Å². The lowest BCUT2D eigenvalue weighted by Gasteiger charge is -2.18. The van der Waals surface area contributed by atoms with Crippen LogP contribution >= 0.6 is 0 Å². The molecule has 6 nitrogen and oxygen atoms in total. The van der Waals surface area contributed by atoms with E-state index in [9.17, 15) is 0 Å². The number of aliphatic imine (C=N–C) groups is 1. The number of methoxy groups -OCH3 is 1. The molecule has 0 atom stereocenters. The van der Waals surface area contributed by atoms with Gasteiger partial charge in [0.1, 0.15) is 12.4 Å². The van der Waals surface area contributed by atoms with E-state index in [1.165, 1.54) is 12.0 Å². The Bertz CT molecular complexity index is 545. The van der Waals surface area contributed by atoms with Crippen molar-refractivity contribution in [3.8, 4) is 5.75 Å². The summed E-state index contributed by atoms with van der Waals surface area (Å²) >= 11 is 0. The highest BCUT2D eigenvalue weighted by atomic mass is 16.5. The molecule has 6 heteroatoms. The van der Waals surface area contributed by atoms with Gasteiger partial charge in [-0.15, -0.1) is 0 Å². The summed E-state index contributed by atoms with van der Waals surface area (Å²) < 4.78 is 10.9. The van der Waals surface area contributed by atoms with Crippen molar-refractivity contribution in [3.05, 3.63) is 29.3 Å². The van der Waals surface area contributed by atoms with Gasteiger partial charge in [-0.05, 0) is 51.0 Å². The van der Waals surface area contributed by atoms with Gasteiger partial charge in [-0.25, -0.2) is 0 Å². The Morgan fingerprint density at radius 2 is 1.89 bits per heavy atom. The van der Waals surface area contributed by atoms with Gasteiger partial charge >= 0.3 is 0 Å². The van der Waals surface area contributed by atoms with Crippen molar-refractivity contribution in [1.82, 2.24) is 15.5 Å². The Morgan fingerprint density at radius 1 is 1.11 bits per heavy atom. The third-order valence-electron chi connectivity index (χ3n) is 4.53. The van der Waals surface area contributed by atoms with Crippen LogP contribution in [0.1, 0.15) is 37.8 Å². The lowest BCUT2D eigenvalue weighted by atomic mass is 10.1. The number of nitrogens with zero attached hydrogens (tertiary/aromatic N) is 2. The van der Waals surface area contributed by atoms with E-state index in [1.807, 2.05) is 0 Å². The van der Waals surface area contributed by atoms with Crippen LogP contribution < -0.4 is 15.4 Å². The number of nitrogens with one attached hydrogen (secondary N) is 2. The van der Waals surface area contributed by atoms with Crippen LogP contribution in [0, 0.1) is 6.92 Å². The van der Waals surface area contributed by atoms with Gasteiger partial charge < -0.3 is 25.0 Å². The maximum Gasteiger partial charge on any atom is 0.191 e. The van der Waals surface area contributed by atoms with Crippen LogP contribution in [0.4, 0.5) is 0 Å². The minimum atomic E-state index is 0.548. The molecule has 0 aromatic heterocycles. The summed E-state index contributed by atoms with van der Waals surface area (Å²) in [6, 6.07) is 6.27. The van der Waals surface area contributed by atoms with Crippen molar-refractivity contribution in [1.29, 1.82) is 0 Å². The molecule has 0 saturated carbocycles. The molecule has 0 fully saturated rings. The third kappa shape index (κ3) is 9.63. The second-order valence-electron chi connectivity index (χ2n) is 6.54. The smallest absolute Gasteiger partial charge is 0.191 e. The highest BCUT2D eigenvalue weighted by Gasteiger charge is 2.06. The fourth-order valence-corrected chi connectivity index (χ4v) is 2.78. The molecule has 2 N–H and O–H groups in total. The summed E-state index contributed by atoms with van der Waals surface area (Å²) in [6.45, 7) is 12.6. The number of benzene rings is 1. The molecule has 0 amide bonds. The number of hydrogen-bond donors (Lipinski definition) is 2. The maximum atomic E-state index is 5.85. The molecular formula is C21H38N4O2. The lowest BCUT2D eigenvalue weighted by Crippen LogP contribution is -2.37. The highest BCUT2D eigenvalue weighted by molar-refractivity contribution is 5.79. The Balaban J connectivity index is 2.41. The van der Waals surface area contributed by atoms with E-state index in [2.05, 4.69) is 59.5 Å². The first kappa shape index (κ1) is 23.2. The summed E-state index contributed by atoms with van der Waals surface area (Å²) in [7, 11) is 3.48. The van der Waals surface area contributed by atoms with Crippen molar-refractivity contribution >= 4 is 5.96 Å². The standard InChI is InChI=1S/C21H38N4O2/c1-6-25(7-2)13-9-8-12-23-21(22-4)24-17-19-11-10-18(3)16-20(19)27-15-14-26-5/h10-11,16H,6-9,12-15,17H2,1-5H3,(H2,22,23,24). The van der Waals surface area contributed by atoms with E-state index in [-0.39, 0.29) is 0 Å². The summed E-state index contributed by atoms with van der Waals surface area (Å²) in [6.07, 6.45) is 2.33. The van der Waals surface area contributed by atoms with Crippen LogP contribution in [0.2, 0.25) is 0 Å². The predicted molar refractivity (Wildman–Crippen MR) is 114 cm³/mol. The Hall–Kier alpha value is -1.79. The van der Waals surface area contributed by atoms with E-state index in [4.69, 9.17) is 9.47 Å². The Morgan fingerprint density at radius 3 is 2.56 bits per heavy atom. The number of aryl methyl sites for hydroxylation is 1. The fraction of sp³-hybridized carbons (Fsp3) is 0.667. The minimum absolute atomic E-state index is 0.548. The zero-order valence-electron chi connectivity index (χ0n) is 17.8. The normalized spacial score (nSPS) is 11.7. The molecule has 1 aromatic carbocycles. The topological polar surface area (TPSA) is 58.1 Å². The van der Waals surface area contributed by atoms with Crippen LogP contribution in [0.5, 0.6) is 5.75 Å². The SMILES string of the molecule is CCN(CC)CCCCNC(=NC)NCc1ccc(C)cc1OCCOC. The molecule has 1 aromatic rings. The summed E-state index contributed by atoms with van der Waals surface area (Å²) in [5.74, 6) is 1.72. The van der Waals surface area contributed by atoms with E-state index in [0.29, 0.717) is 19.8 Å². The van der Waals surface area contributed by atoms with E-state index in [0.717, 1.165) is 49.9 Å². The van der Waals surface area contributed by atoms with Gasteiger partial charge in [0.25, 0.3) is 0 Å². The summed E-state index contributed by atoms with van der Waals surface area (Å²) in [5, 5.41) is 6.77. The molecule has 0 spiro atoms. The quantitative estimate of drug-likeness (QED) is 0.314. The van der Waals surface area contributed by atoms with Crippen molar-refractivity contribution in [2.45, 2.75) is 40.2 Å². The molecule has 0 bridgehead atoms. The van der Waals surface area contributed by atoms with Gasteiger partial charge in [-0.2, -0.15) is 0 Å². The Labute approximate surface area is 165 Å².